The van der Waals surface area contributed by atoms with Crippen LogP contribution in [0, 0.1) is 11.6 Å². The van der Waals surface area contributed by atoms with Crippen molar-refractivity contribution in [1.82, 2.24) is 15.0 Å². The van der Waals surface area contributed by atoms with Crippen molar-refractivity contribution >= 4 is 16.7 Å². The van der Waals surface area contributed by atoms with Crippen LogP contribution in [0.2, 0.25) is 0 Å². The van der Waals surface area contributed by atoms with Crippen LogP contribution in [0.1, 0.15) is 0 Å². The average Bonchev–Trinajstić information content (AvgIpc) is 2.70. The SMILES string of the molecule is Nc1c[nH]c2cnc(Oc3cc(F)cc(F)c3)nc12. The fourth-order valence-electron chi connectivity index (χ4n) is 1.66. The van der Waals surface area contributed by atoms with Crippen LogP contribution < -0.4 is 10.5 Å². The topological polar surface area (TPSA) is 76.8 Å². The molecule has 2 aromatic heterocycles. The second kappa shape index (κ2) is 4.20. The van der Waals surface area contributed by atoms with E-state index in [4.69, 9.17) is 10.5 Å². The molecule has 3 N–H and O–H groups in total. The summed E-state index contributed by atoms with van der Waals surface area (Å²) in [4.78, 5) is 10.8. The molecule has 0 aliphatic heterocycles. The first-order valence-corrected chi connectivity index (χ1v) is 5.35. The first-order valence-electron chi connectivity index (χ1n) is 5.35. The van der Waals surface area contributed by atoms with Gasteiger partial charge in [-0.25, -0.2) is 13.8 Å². The van der Waals surface area contributed by atoms with E-state index >= 15 is 0 Å². The third-order valence-corrected chi connectivity index (χ3v) is 2.47. The van der Waals surface area contributed by atoms with Crippen molar-refractivity contribution < 1.29 is 13.5 Å². The Labute approximate surface area is 106 Å². The second-order valence-corrected chi connectivity index (χ2v) is 3.87. The summed E-state index contributed by atoms with van der Waals surface area (Å²) in [5.41, 5.74) is 7.26. The maximum atomic E-state index is 13.0. The zero-order chi connectivity index (χ0) is 13.4. The van der Waals surface area contributed by atoms with Crippen LogP contribution in [0.25, 0.3) is 11.0 Å². The third kappa shape index (κ3) is 2.17. The maximum Gasteiger partial charge on any atom is 0.322 e. The Hall–Kier alpha value is -2.70. The number of ether oxygens (including phenoxy) is 1. The van der Waals surface area contributed by atoms with Gasteiger partial charge in [-0.05, 0) is 0 Å². The van der Waals surface area contributed by atoms with E-state index in [9.17, 15) is 8.78 Å². The van der Waals surface area contributed by atoms with Gasteiger partial charge in [0.2, 0.25) is 0 Å². The first-order chi connectivity index (χ1) is 9.11. The number of hydrogen-bond donors (Lipinski definition) is 2. The Morgan fingerprint density at radius 2 is 1.89 bits per heavy atom. The normalized spacial score (nSPS) is 10.8. The van der Waals surface area contributed by atoms with Crippen molar-refractivity contribution in [3.63, 3.8) is 0 Å². The standard InChI is InChI=1S/C12H8F2N4O/c13-6-1-7(14)3-8(2-6)19-12-17-5-10-11(18-12)9(15)4-16-10/h1-5,16H,15H2. The van der Waals surface area contributed by atoms with Crippen LogP contribution in [0.5, 0.6) is 11.8 Å². The van der Waals surface area contributed by atoms with Gasteiger partial charge in [-0.1, -0.05) is 0 Å². The van der Waals surface area contributed by atoms with Gasteiger partial charge in [0, 0.05) is 24.4 Å². The number of nitrogens with two attached hydrogens (primary N) is 1. The maximum absolute atomic E-state index is 13.0. The Balaban J connectivity index is 1.98. The van der Waals surface area contributed by atoms with Crippen LogP contribution in [-0.4, -0.2) is 15.0 Å². The molecule has 0 saturated heterocycles. The number of aromatic amines is 1. The van der Waals surface area contributed by atoms with Crippen LogP contribution in [0.4, 0.5) is 14.5 Å². The van der Waals surface area contributed by atoms with Gasteiger partial charge in [-0.2, -0.15) is 4.98 Å². The van der Waals surface area contributed by atoms with E-state index in [0.29, 0.717) is 16.7 Å². The molecule has 0 aliphatic rings. The number of benzene rings is 1. The van der Waals surface area contributed by atoms with E-state index < -0.39 is 11.6 Å². The summed E-state index contributed by atoms with van der Waals surface area (Å²) in [6, 6.07) is 2.79. The average molecular weight is 262 g/mol. The molecule has 0 spiro atoms. The number of nitrogens with zero attached hydrogens (tertiary/aromatic N) is 2. The molecule has 0 saturated carbocycles. The third-order valence-electron chi connectivity index (χ3n) is 2.47. The highest BCUT2D eigenvalue weighted by atomic mass is 19.1. The van der Waals surface area contributed by atoms with Gasteiger partial charge in [-0.3, -0.25) is 0 Å². The zero-order valence-electron chi connectivity index (χ0n) is 9.52. The Bertz CT molecular complexity index is 736. The highest BCUT2D eigenvalue weighted by Gasteiger charge is 2.08. The molecule has 0 unspecified atom stereocenters. The number of anilines is 1. The van der Waals surface area contributed by atoms with Crippen LogP contribution in [0.15, 0.2) is 30.6 Å². The highest BCUT2D eigenvalue weighted by molar-refractivity contribution is 5.86. The van der Waals surface area contributed by atoms with E-state index in [1.54, 1.807) is 6.20 Å². The summed E-state index contributed by atoms with van der Waals surface area (Å²) >= 11 is 0. The van der Waals surface area contributed by atoms with E-state index in [1.807, 2.05) is 0 Å². The van der Waals surface area contributed by atoms with Crippen molar-refractivity contribution in [2.75, 3.05) is 5.73 Å². The largest absolute Gasteiger partial charge is 0.424 e. The van der Waals surface area contributed by atoms with Gasteiger partial charge < -0.3 is 15.5 Å². The quantitative estimate of drug-likeness (QED) is 0.744. The van der Waals surface area contributed by atoms with Crippen LogP contribution in [-0.2, 0) is 0 Å². The molecule has 2 heterocycles. The van der Waals surface area contributed by atoms with Crippen molar-refractivity contribution in [1.29, 1.82) is 0 Å². The molecular formula is C12H8F2N4O. The summed E-state index contributed by atoms with van der Waals surface area (Å²) in [6.45, 7) is 0. The predicted octanol–water partition coefficient (Wildman–Crippen LogP) is 2.61. The lowest BCUT2D eigenvalue weighted by atomic mass is 10.3. The Kier molecular flexibility index (Phi) is 2.52. The number of nitrogen functional groups attached to an aromatic ring is 1. The van der Waals surface area contributed by atoms with Crippen LogP contribution in [0.3, 0.4) is 0 Å². The Morgan fingerprint density at radius 1 is 1.16 bits per heavy atom. The number of hydrogen-bond acceptors (Lipinski definition) is 4. The number of halogens is 2. The van der Waals surface area contributed by atoms with Crippen molar-refractivity contribution in [3.05, 3.63) is 42.2 Å². The summed E-state index contributed by atoms with van der Waals surface area (Å²) in [5, 5.41) is 0. The molecule has 3 aromatic rings. The number of fused-ring (bicyclic) bond motifs is 1. The van der Waals surface area contributed by atoms with Gasteiger partial charge in [0.1, 0.15) is 22.9 Å². The summed E-state index contributed by atoms with van der Waals surface area (Å²) in [7, 11) is 0. The van der Waals surface area contributed by atoms with Crippen molar-refractivity contribution in [2.24, 2.45) is 0 Å². The van der Waals surface area contributed by atoms with E-state index in [0.717, 1.165) is 18.2 Å². The predicted molar refractivity (Wildman–Crippen MR) is 64.7 cm³/mol. The molecule has 0 radical (unpaired) electrons. The van der Waals surface area contributed by atoms with Gasteiger partial charge in [0.25, 0.3) is 0 Å². The molecule has 0 amide bonds. The highest BCUT2D eigenvalue weighted by Crippen LogP contribution is 2.23. The molecule has 5 nitrogen and oxygen atoms in total. The minimum absolute atomic E-state index is 0.0223. The van der Waals surface area contributed by atoms with E-state index in [-0.39, 0.29) is 11.8 Å². The number of nitrogens with one attached hydrogen (secondary N) is 1. The van der Waals surface area contributed by atoms with E-state index in [1.165, 1.54) is 6.20 Å². The second-order valence-electron chi connectivity index (χ2n) is 3.87. The molecule has 0 atom stereocenters. The Morgan fingerprint density at radius 3 is 2.63 bits per heavy atom. The number of H-pyrrole nitrogens is 1. The van der Waals surface area contributed by atoms with E-state index in [2.05, 4.69) is 15.0 Å². The minimum atomic E-state index is -0.739. The lowest BCUT2D eigenvalue weighted by Crippen LogP contribution is -1.94. The zero-order valence-corrected chi connectivity index (χ0v) is 9.52. The molecule has 19 heavy (non-hydrogen) atoms. The molecular weight excluding hydrogens is 254 g/mol. The lowest BCUT2D eigenvalue weighted by molar-refractivity contribution is 0.435. The summed E-state index contributed by atoms with van der Waals surface area (Å²) in [6.07, 6.45) is 3.05. The van der Waals surface area contributed by atoms with Crippen molar-refractivity contribution in [2.45, 2.75) is 0 Å². The molecule has 96 valence electrons. The molecule has 0 aliphatic carbocycles. The summed E-state index contributed by atoms with van der Waals surface area (Å²) < 4.78 is 31.2. The van der Waals surface area contributed by atoms with Crippen LogP contribution >= 0.6 is 0 Å². The molecule has 0 bridgehead atoms. The monoisotopic (exact) mass is 262 g/mol. The van der Waals surface area contributed by atoms with Gasteiger partial charge >= 0.3 is 6.01 Å². The fraction of sp³-hybridized carbons (Fsp3) is 0. The molecule has 7 heteroatoms. The number of aromatic nitrogens is 3. The molecule has 3 rings (SSSR count). The smallest absolute Gasteiger partial charge is 0.322 e. The fourth-order valence-corrected chi connectivity index (χ4v) is 1.66. The lowest BCUT2D eigenvalue weighted by Gasteiger charge is -2.04. The number of rotatable bonds is 2. The van der Waals surface area contributed by atoms with Crippen molar-refractivity contribution in [3.8, 4) is 11.8 Å². The van der Waals surface area contributed by atoms with Gasteiger partial charge in [0.05, 0.1) is 17.4 Å². The molecule has 0 fully saturated rings. The molecule has 1 aromatic carbocycles. The van der Waals surface area contributed by atoms with Gasteiger partial charge in [0.15, 0.2) is 0 Å². The van der Waals surface area contributed by atoms with Gasteiger partial charge in [-0.15, -0.1) is 0 Å². The summed E-state index contributed by atoms with van der Waals surface area (Å²) in [5.74, 6) is -1.50. The first kappa shape index (κ1) is 11.4. The minimum Gasteiger partial charge on any atom is -0.424 e.